The van der Waals surface area contributed by atoms with Crippen LogP contribution in [-0.4, -0.2) is 17.0 Å². The van der Waals surface area contributed by atoms with Crippen LogP contribution in [0.1, 0.15) is 5.69 Å². The number of imidazole rings is 1. The molecular weight excluding hydrogens is 229 g/mol. The van der Waals surface area contributed by atoms with Gasteiger partial charge in [0.05, 0.1) is 17.7 Å². The number of nitrogens with one attached hydrogen (secondary N) is 2. The van der Waals surface area contributed by atoms with Crippen molar-refractivity contribution in [2.45, 2.75) is 6.54 Å². The fourth-order valence-electron chi connectivity index (χ4n) is 1.54. The van der Waals surface area contributed by atoms with E-state index < -0.39 is 0 Å². The predicted octanol–water partition coefficient (Wildman–Crippen LogP) is 2.59. The second-order valence-corrected chi connectivity index (χ2v) is 3.82. The van der Waals surface area contributed by atoms with Crippen molar-refractivity contribution in [1.82, 2.24) is 15.3 Å². The molecule has 0 aliphatic rings. The molecule has 16 heavy (non-hydrogen) atoms. The molecular formula is C11H11ClFN3. The average Bonchev–Trinajstić information content (AvgIpc) is 2.70. The standard InChI is InChI=1S/C11H11ClFN3/c1-14-5-10-11(16-6-15-10)8-4-7(12)2-3-9(8)13/h2-4,6,14H,5H2,1H3,(H,15,16). The van der Waals surface area contributed by atoms with Gasteiger partial charge in [0.2, 0.25) is 0 Å². The molecule has 1 heterocycles. The summed E-state index contributed by atoms with van der Waals surface area (Å²) in [6.45, 7) is 0.598. The minimum absolute atomic E-state index is 0.325. The highest BCUT2D eigenvalue weighted by molar-refractivity contribution is 6.30. The van der Waals surface area contributed by atoms with Gasteiger partial charge in [-0.1, -0.05) is 11.6 Å². The molecule has 0 fully saturated rings. The van der Waals surface area contributed by atoms with Crippen molar-refractivity contribution in [2.24, 2.45) is 0 Å². The van der Waals surface area contributed by atoms with Crippen LogP contribution < -0.4 is 5.32 Å². The van der Waals surface area contributed by atoms with E-state index in [0.29, 0.717) is 22.8 Å². The average molecular weight is 240 g/mol. The van der Waals surface area contributed by atoms with Crippen LogP contribution in [-0.2, 0) is 6.54 Å². The fourth-order valence-corrected chi connectivity index (χ4v) is 1.72. The first-order chi connectivity index (χ1) is 7.72. The van der Waals surface area contributed by atoms with Gasteiger partial charge in [-0.05, 0) is 25.2 Å². The van der Waals surface area contributed by atoms with Gasteiger partial charge in [-0.2, -0.15) is 0 Å². The molecule has 2 aromatic rings. The largest absolute Gasteiger partial charge is 0.347 e. The third kappa shape index (κ3) is 2.08. The van der Waals surface area contributed by atoms with Crippen LogP contribution in [0, 0.1) is 5.82 Å². The second-order valence-electron chi connectivity index (χ2n) is 3.38. The summed E-state index contributed by atoms with van der Waals surface area (Å²) in [6.07, 6.45) is 1.54. The molecule has 1 aromatic heterocycles. The summed E-state index contributed by atoms with van der Waals surface area (Å²) in [4.78, 5) is 7.08. The van der Waals surface area contributed by atoms with E-state index in [4.69, 9.17) is 11.6 Å². The minimum Gasteiger partial charge on any atom is -0.347 e. The predicted molar refractivity (Wildman–Crippen MR) is 61.8 cm³/mol. The molecule has 0 amide bonds. The highest BCUT2D eigenvalue weighted by Crippen LogP contribution is 2.26. The Bertz CT molecular complexity index is 496. The van der Waals surface area contributed by atoms with Crippen molar-refractivity contribution in [3.05, 3.63) is 41.1 Å². The number of hydrogen-bond acceptors (Lipinski definition) is 2. The van der Waals surface area contributed by atoms with Crippen LogP contribution in [0.3, 0.4) is 0 Å². The first-order valence-electron chi connectivity index (χ1n) is 4.84. The zero-order valence-corrected chi connectivity index (χ0v) is 9.48. The normalized spacial score (nSPS) is 10.7. The number of halogens is 2. The van der Waals surface area contributed by atoms with Crippen molar-refractivity contribution in [1.29, 1.82) is 0 Å². The Hall–Kier alpha value is -1.39. The molecule has 0 radical (unpaired) electrons. The number of H-pyrrole nitrogens is 1. The third-order valence-corrected chi connectivity index (χ3v) is 2.49. The zero-order valence-electron chi connectivity index (χ0n) is 8.72. The maximum Gasteiger partial charge on any atom is 0.132 e. The van der Waals surface area contributed by atoms with Crippen LogP contribution in [0.2, 0.25) is 5.02 Å². The number of aromatic nitrogens is 2. The molecule has 0 aliphatic heterocycles. The summed E-state index contributed by atoms with van der Waals surface area (Å²) < 4.78 is 13.6. The summed E-state index contributed by atoms with van der Waals surface area (Å²) in [7, 11) is 1.82. The van der Waals surface area contributed by atoms with E-state index >= 15 is 0 Å². The van der Waals surface area contributed by atoms with Gasteiger partial charge in [0, 0.05) is 17.1 Å². The second kappa shape index (κ2) is 4.63. The van der Waals surface area contributed by atoms with Gasteiger partial charge in [0.15, 0.2) is 0 Å². The van der Waals surface area contributed by atoms with Crippen LogP contribution in [0.15, 0.2) is 24.5 Å². The molecule has 0 saturated heterocycles. The Morgan fingerprint density at radius 3 is 3.06 bits per heavy atom. The number of nitrogens with zero attached hydrogens (tertiary/aromatic N) is 1. The Kier molecular flexibility index (Phi) is 3.22. The molecule has 0 spiro atoms. The SMILES string of the molecule is CNCc1[nH]cnc1-c1cc(Cl)ccc1F. The van der Waals surface area contributed by atoms with Crippen molar-refractivity contribution >= 4 is 11.6 Å². The zero-order chi connectivity index (χ0) is 11.5. The topological polar surface area (TPSA) is 40.7 Å². The van der Waals surface area contributed by atoms with Gasteiger partial charge in [0.1, 0.15) is 5.82 Å². The Balaban J connectivity index is 2.49. The van der Waals surface area contributed by atoms with Crippen molar-refractivity contribution in [2.75, 3.05) is 7.05 Å². The molecule has 0 saturated carbocycles. The maximum absolute atomic E-state index is 13.6. The van der Waals surface area contributed by atoms with E-state index in [1.807, 2.05) is 7.05 Å². The smallest absolute Gasteiger partial charge is 0.132 e. The lowest BCUT2D eigenvalue weighted by Crippen LogP contribution is -2.06. The molecule has 5 heteroatoms. The maximum atomic E-state index is 13.6. The van der Waals surface area contributed by atoms with Gasteiger partial charge >= 0.3 is 0 Å². The van der Waals surface area contributed by atoms with Crippen LogP contribution in [0.25, 0.3) is 11.3 Å². The fraction of sp³-hybridized carbons (Fsp3) is 0.182. The van der Waals surface area contributed by atoms with Gasteiger partial charge in [0.25, 0.3) is 0 Å². The molecule has 3 nitrogen and oxygen atoms in total. The van der Waals surface area contributed by atoms with Gasteiger partial charge in [-0.25, -0.2) is 9.37 Å². The Morgan fingerprint density at radius 1 is 1.50 bits per heavy atom. The summed E-state index contributed by atoms with van der Waals surface area (Å²) in [5, 5.41) is 3.48. The molecule has 84 valence electrons. The quantitative estimate of drug-likeness (QED) is 0.865. The molecule has 0 atom stereocenters. The number of benzene rings is 1. The molecule has 0 bridgehead atoms. The van der Waals surface area contributed by atoms with Crippen molar-refractivity contribution < 1.29 is 4.39 Å². The van der Waals surface area contributed by atoms with Crippen LogP contribution in [0.5, 0.6) is 0 Å². The van der Waals surface area contributed by atoms with Gasteiger partial charge in [-0.3, -0.25) is 0 Å². The van der Waals surface area contributed by atoms with Gasteiger partial charge in [-0.15, -0.1) is 0 Å². The van der Waals surface area contributed by atoms with Crippen molar-refractivity contribution in [3.8, 4) is 11.3 Å². The monoisotopic (exact) mass is 239 g/mol. The van der Waals surface area contributed by atoms with Crippen LogP contribution in [0.4, 0.5) is 4.39 Å². The molecule has 0 unspecified atom stereocenters. The summed E-state index contributed by atoms with van der Waals surface area (Å²) in [5.41, 5.74) is 1.84. The number of hydrogen-bond donors (Lipinski definition) is 2. The summed E-state index contributed by atoms with van der Waals surface area (Å²) >= 11 is 5.84. The van der Waals surface area contributed by atoms with Gasteiger partial charge < -0.3 is 10.3 Å². The lowest BCUT2D eigenvalue weighted by Gasteiger charge is -2.04. The number of aromatic amines is 1. The summed E-state index contributed by atoms with van der Waals surface area (Å²) in [5.74, 6) is -0.325. The molecule has 1 aromatic carbocycles. The van der Waals surface area contributed by atoms with Crippen LogP contribution >= 0.6 is 11.6 Å². The van der Waals surface area contributed by atoms with E-state index in [2.05, 4.69) is 15.3 Å². The summed E-state index contributed by atoms with van der Waals surface area (Å²) in [6, 6.07) is 4.44. The first kappa shape index (κ1) is 11.1. The third-order valence-electron chi connectivity index (χ3n) is 2.26. The van der Waals surface area contributed by atoms with Crippen molar-refractivity contribution in [3.63, 3.8) is 0 Å². The number of rotatable bonds is 3. The Morgan fingerprint density at radius 2 is 2.31 bits per heavy atom. The highest BCUT2D eigenvalue weighted by Gasteiger charge is 2.12. The molecule has 0 aliphatic carbocycles. The highest BCUT2D eigenvalue weighted by atomic mass is 35.5. The molecule has 2 rings (SSSR count). The first-order valence-corrected chi connectivity index (χ1v) is 5.22. The van der Waals surface area contributed by atoms with E-state index in [9.17, 15) is 4.39 Å². The Labute approximate surface area is 97.7 Å². The van der Waals surface area contributed by atoms with E-state index in [0.717, 1.165) is 5.69 Å². The lowest BCUT2D eigenvalue weighted by atomic mass is 10.1. The van der Waals surface area contributed by atoms with E-state index in [1.165, 1.54) is 12.1 Å². The van der Waals surface area contributed by atoms with E-state index in [1.54, 1.807) is 12.4 Å². The minimum atomic E-state index is -0.325. The lowest BCUT2D eigenvalue weighted by molar-refractivity contribution is 0.630. The molecule has 2 N–H and O–H groups in total. The van der Waals surface area contributed by atoms with E-state index in [-0.39, 0.29) is 5.82 Å².